The summed E-state index contributed by atoms with van der Waals surface area (Å²) in [4.78, 5) is 27.9. The van der Waals surface area contributed by atoms with Crippen LogP contribution >= 0.6 is 0 Å². The fraction of sp³-hybridized carbons (Fsp3) is 0.400. The largest absolute Gasteiger partial charge is 0.375 e. The highest BCUT2D eigenvalue weighted by atomic mass is 19.3. The fourth-order valence-corrected chi connectivity index (χ4v) is 4.72. The third-order valence-electron chi connectivity index (χ3n) is 6.80. The van der Waals surface area contributed by atoms with Gasteiger partial charge in [0.1, 0.15) is 11.6 Å². The minimum Gasteiger partial charge on any atom is -0.375 e. The summed E-state index contributed by atoms with van der Waals surface area (Å²) in [5.74, 6) is -1.74. The van der Waals surface area contributed by atoms with Crippen molar-refractivity contribution in [1.29, 1.82) is 0 Å². The van der Waals surface area contributed by atoms with Crippen molar-refractivity contribution in [2.24, 2.45) is 11.8 Å². The van der Waals surface area contributed by atoms with Gasteiger partial charge in [-0.3, -0.25) is 4.79 Å². The topological polar surface area (TPSA) is 110 Å². The first-order valence-electron chi connectivity index (χ1n) is 13.4. The maximum absolute atomic E-state index is 13.0. The number of carbonyl (C=O) groups is 1. The molecule has 192 valence electrons. The number of morpholine rings is 1. The van der Waals surface area contributed by atoms with Crippen molar-refractivity contribution in [3.63, 3.8) is 0 Å². The van der Waals surface area contributed by atoms with Gasteiger partial charge in [-0.05, 0) is 31.5 Å². The molecule has 5 heterocycles. The van der Waals surface area contributed by atoms with Gasteiger partial charge in [0, 0.05) is 64.7 Å². The van der Waals surface area contributed by atoms with E-state index in [0.29, 0.717) is 34.4 Å². The molecule has 4 aromatic rings. The van der Waals surface area contributed by atoms with Crippen molar-refractivity contribution in [2.75, 3.05) is 42.2 Å². The van der Waals surface area contributed by atoms with E-state index in [1.165, 1.54) is 12.4 Å². The summed E-state index contributed by atoms with van der Waals surface area (Å²) < 4.78 is 56.0. The van der Waals surface area contributed by atoms with Gasteiger partial charge >= 0.3 is 0 Å². The highest BCUT2D eigenvalue weighted by Crippen LogP contribution is 2.43. The average Bonchev–Trinajstić information content (AvgIpc) is 3.60. The minimum absolute atomic E-state index is 0.0663. The van der Waals surface area contributed by atoms with E-state index in [-0.39, 0.29) is 24.2 Å². The third-order valence-corrected chi connectivity index (χ3v) is 6.80. The maximum Gasteiger partial charge on any atom is 0.242 e. The highest BCUT2D eigenvalue weighted by molar-refractivity contribution is 6.03. The van der Waals surface area contributed by atoms with Gasteiger partial charge in [-0.15, -0.1) is 5.10 Å². The summed E-state index contributed by atoms with van der Waals surface area (Å²) in [7, 11) is 0. The molecule has 1 aliphatic heterocycles. The highest BCUT2D eigenvalue weighted by Gasteiger charge is 2.48. The first-order chi connectivity index (χ1) is 19.1. The summed E-state index contributed by atoms with van der Waals surface area (Å²) in [6.45, 7) is 1.64. The van der Waals surface area contributed by atoms with Crippen LogP contribution in [0, 0.1) is 11.8 Å². The summed E-state index contributed by atoms with van der Waals surface area (Å²) in [6.07, 6.45) is 2.39. The van der Waals surface area contributed by atoms with Gasteiger partial charge in [0.15, 0.2) is 11.5 Å². The molecule has 1 saturated heterocycles. The first-order valence-corrected chi connectivity index (χ1v) is 11.9. The second-order valence-electron chi connectivity index (χ2n) is 9.34. The molecule has 0 aromatic carbocycles. The van der Waals surface area contributed by atoms with Crippen LogP contribution < -0.4 is 15.5 Å². The number of pyridine rings is 3. The number of halogens is 2. The predicted octanol–water partition coefficient (Wildman–Crippen LogP) is 3.45. The molecule has 0 unspecified atom stereocenters. The Kier molecular flexibility index (Phi) is 5.00. The van der Waals surface area contributed by atoms with Gasteiger partial charge in [0.25, 0.3) is 0 Å². The van der Waals surface area contributed by atoms with Crippen molar-refractivity contribution in [3.8, 4) is 11.4 Å². The Morgan fingerprint density at radius 2 is 2.16 bits per heavy atom. The van der Waals surface area contributed by atoms with Crippen LogP contribution in [0.15, 0.2) is 36.8 Å². The van der Waals surface area contributed by atoms with Crippen molar-refractivity contribution < 1.29 is 22.4 Å². The smallest absolute Gasteiger partial charge is 0.242 e. The van der Waals surface area contributed by atoms with Crippen LogP contribution in [-0.2, 0) is 9.53 Å². The van der Waals surface area contributed by atoms with Crippen LogP contribution in [0.3, 0.4) is 0 Å². The summed E-state index contributed by atoms with van der Waals surface area (Å²) in [6, 6.07) is 5.36. The van der Waals surface area contributed by atoms with Gasteiger partial charge < -0.3 is 20.3 Å². The van der Waals surface area contributed by atoms with Gasteiger partial charge in [-0.2, -0.15) is 0 Å². The van der Waals surface area contributed by atoms with E-state index < -0.39 is 31.1 Å². The molecule has 4 aromatic heterocycles. The van der Waals surface area contributed by atoms with Crippen molar-refractivity contribution in [3.05, 3.63) is 36.8 Å². The molecule has 0 radical (unpaired) electrons. The Balaban J connectivity index is 1.38. The van der Waals surface area contributed by atoms with E-state index in [1.807, 2.05) is 25.3 Å². The molecule has 2 N–H and O–H groups in total. The lowest BCUT2D eigenvalue weighted by Gasteiger charge is -2.32. The van der Waals surface area contributed by atoms with Crippen LogP contribution in [0.2, 0.25) is 0 Å². The Hall–Kier alpha value is -3.93. The van der Waals surface area contributed by atoms with E-state index in [9.17, 15) is 13.6 Å². The molecule has 0 spiro atoms. The molecular formula is C25H26F2N8O2. The van der Waals surface area contributed by atoms with Crippen molar-refractivity contribution >= 4 is 39.6 Å². The lowest BCUT2D eigenvalue weighted by Crippen LogP contribution is -2.41. The van der Waals surface area contributed by atoms with Crippen molar-refractivity contribution in [2.45, 2.75) is 25.9 Å². The summed E-state index contributed by atoms with van der Waals surface area (Å²) in [5.41, 5.74) is 2.04. The fourth-order valence-electron chi connectivity index (χ4n) is 4.72. The molecule has 1 saturated carbocycles. The van der Waals surface area contributed by atoms with Gasteiger partial charge in [0.05, 0.1) is 24.6 Å². The Bertz CT molecular complexity index is 1600. The quantitative estimate of drug-likeness (QED) is 0.405. The number of nitrogens with one attached hydrogen (secondary N) is 2. The van der Waals surface area contributed by atoms with E-state index in [2.05, 4.69) is 35.6 Å². The first kappa shape index (κ1) is 20.2. The molecular weight excluding hydrogens is 482 g/mol. The van der Waals surface area contributed by atoms with Crippen LogP contribution in [0.1, 0.15) is 17.5 Å². The number of nitrogens with zero attached hydrogens (tertiary/aromatic N) is 6. The number of hydrogen-bond donors (Lipinski definition) is 2. The molecule has 0 bridgehead atoms. The van der Waals surface area contributed by atoms with Crippen LogP contribution in [0.25, 0.3) is 27.8 Å². The molecule has 10 nitrogen and oxygen atoms in total. The lowest BCUT2D eigenvalue weighted by molar-refractivity contribution is -0.118. The van der Waals surface area contributed by atoms with Gasteiger partial charge in [-0.25, -0.2) is 28.2 Å². The Morgan fingerprint density at radius 1 is 1.27 bits per heavy atom. The summed E-state index contributed by atoms with van der Waals surface area (Å²) >= 11 is 0. The number of ether oxygens (including phenoxy) is 1. The SMILES string of the molecule is [2H]C([2H])([2H])Nc1ncc(-c2nc3ccc(N4CCO[C@@H](C)C4)cn3n2)c2cc(NC(=O)[C@H]3C[C@H]3C(F)F)ncc12. The second-order valence-corrected chi connectivity index (χ2v) is 9.34. The Morgan fingerprint density at radius 3 is 2.95 bits per heavy atom. The maximum atomic E-state index is 13.0. The molecule has 6 rings (SSSR count). The monoisotopic (exact) mass is 511 g/mol. The number of rotatable bonds is 6. The molecule has 1 aliphatic carbocycles. The lowest BCUT2D eigenvalue weighted by atomic mass is 10.1. The summed E-state index contributed by atoms with van der Waals surface area (Å²) in [5, 5.41) is 10.5. The van der Waals surface area contributed by atoms with Crippen LogP contribution in [-0.4, -0.2) is 69.7 Å². The van der Waals surface area contributed by atoms with E-state index in [4.69, 9.17) is 8.85 Å². The molecule has 37 heavy (non-hydrogen) atoms. The van der Waals surface area contributed by atoms with E-state index >= 15 is 0 Å². The van der Waals surface area contributed by atoms with Gasteiger partial charge in [0.2, 0.25) is 12.3 Å². The van der Waals surface area contributed by atoms with Crippen molar-refractivity contribution in [1.82, 2.24) is 24.6 Å². The number of fused-ring (bicyclic) bond motifs is 2. The van der Waals surface area contributed by atoms with Crippen LogP contribution in [0.5, 0.6) is 0 Å². The molecule has 2 aliphatic rings. The molecule has 12 heteroatoms. The normalized spacial score (nSPS) is 23.1. The number of amides is 1. The minimum atomic E-state index is -2.56. The zero-order chi connectivity index (χ0) is 28.2. The van der Waals surface area contributed by atoms with Crippen LogP contribution in [0.4, 0.5) is 26.1 Å². The third kappa shape index (κ3) is 4.41. The van der Waals surface area contributed by atoms with E-state index in [0.717, 1.165) is 18.8 Å². The number of alkyl halides is 2. The molecule has 3 atom stereocenters. The van der Waals surface area contributed by atoms with Gasteiger partial charge in [-0.1, -0.05) is 0 Å². The number of hydrogen-bond acceptors (Lipinski definition) is 8. The second kappa shape index (κ2) is 9.18. The van der Waals surface area contributed by atoms with E-state index in [1.54, 1.807) is 10.6 Å². The standard InChI is InChI=1S/C25H26F2N8O2/c1-13-11-34(5-6-37-13)14-3-4-21-32-24(33-35(21)12-14)19-10-30-23(28-2)18-9-29-20(8-15(18)19)31-25(36)17-7-16(17)22(26)27/h3-4,8-10,12-13,16-17,22H,5-7,11H2,1-2H3,(H,28,30)(H,29,31,36)/t13-,16+,17-/m0/s1/i2D3. The molecule has 2 fully saturated rings. The number of anilines is 3. The average molecular weight is 512 g/mol. The Labute approximate surface area is 215 Å². The number of aromatic nitrogens is 5. The zero-order valence-corrected chi connectivity index (χ0v) is 19.9. The predicted molar refractivity (Wildman–Crippen MR) is 135 cm³/mol. The number of carbonyl (C=O) groups excluding carboxylic acids is 1. The molecule has 1 amide bonds. The zero-order valence-electron chi connectivity index (χ0n) is 22.9.